The van der Waals surface area contributed by atoms with Gasteiger partial charge in [-0.15, -0.1) is 11.3 Å². The van der Waals surface area contributed by atoms with Crippen LogP contribution in [0.1, 0.15) is 0 Å². The van der Waals surface area contributed by atoms with Crippen molar-refractivity contribution in [3.8, 4) is 5.75 Å². The SMILES string of the molecule is O=P(O)(CNS(=O)(=O)c1cc2c(Cl)ccc(Cl)c2s1)Oc1ccc(Br)c(Cl)c1. The normalized spacial score (nSPS) is 14.2. The first-order chi connectivity index (χ1) is 13.0. The van der Waals surface area contributed by atoms with E-state index < -0.39 is 23.9 Å². The second-order valence-corrected chi connectivity index (χ2v) is 12.3. The zero-order valence-corrected chi connectivity index (χ0v) is 19.9. The molecule has 6 nitrogen and oxygen atoms in total. The molecule has 0 saturated carbocycles. The number of sulfonamides is 1. The van der Waals surface area contributed by atoms with Crippen LogP contribution in [0, 0.1) is 0 Å². The molecule has 3 rings (SSSR count). The van der Waals surface area contributed by atoms with Crippen molar-refractivity contribution in [2.45, 2.75) is 4.21 Å². The Morgan fingerprint density at radius 3 is 2.43 bits per heavy atom. The molecule has 1 unspecified atom stereocenters. The first-order valence-electron chi connectivity index (χ1n) is 7.32. The van der Waals surface area contributed by atoms with Gasteiger partial charge in [0.1, 0.15) is 16.2 Å². The van der Waals surface area contributed by atoms with Crippen LogP contribution in [0.3, 0.4) is 0 Å². The van der Waals surface area contributed by atoms with Gasteiger partial charge in [0.25, 0.3) is 10.0 Å². The fourth-order valence-corrected chi connectivity index (χ4v) is 7.04. The van der Waals surface area contributed by atoms with Gasteiger partial charge in [0.15, 0.2) is 0 Å². The lowest BCUT2D eigenvalue weighted by Gasteiger charge is -2.14. The Labute approximate surface area is 188 Å². The lowest BCUT2D eigenvalue weighted by molar-refractivity contribution is 0.378. The monoisotopic (exact) mass is 563 g/mol. The molecule has 0 radical (unpaired) electrons. The molecular formula is C15H10BrCl3NO5PS2. The van der Waals surface area contributed by atoms with Gasteiger partial charge in [0, 0.05) is 20.9 Å². The summed E-state index contributed by atoms with van der Waals surface area (Å²) in [6.45, 7) is 0. The highest BCUT2D eigenvalue weighted by molar-refractivity contribution is 9.10. The van der Waals surface area contributed by atoms with Crippen molar-refractivity contribution in [2.75, 3.05) is 6.29 Å². The molecule has 0 aliphatic rings. The summed E-state index contributed by atoms with van der Waals surface area (Å²) >= 11 is 22.1. The predicted molar refractivity (Wildman–Crippen MR) is 117 cm³/mol. The van der Waals surface area contributed by atoms with Gasteiger partial charge < -0.3 is 9.42 Å². The first kappa shape index (κ1) is 22.3. The van der Waals surface area contributed by atoms with Crippen LogP contribution in [-0.2, 0) is 14.6 Å². The fraction of sp³-hybridized carbons (Fsp3) is 0.0667. The Morgan fingerprint density at radius 1 is 1.11 bits per heavy atom. The first-order valence-corrected chi connectivity index (χ1v) is 13.3. The lowest BCUT2D eigenvalue weighted by Crippen LogP contribution is -2.25. The van der Waals surface area contributed by atoms with Crippen molar-refractivity contribution in [3.05, 3.63) is 55.9 Å². The minimum Gasteiger partial charge on any atom is -0.424 e. The molecule has 3 aromatic rings. The third kappa shape index (κ3) is 5.03. The molecule has 0 aliphatic carbocycles. The number of halogens is 4. The topological polar surface area (TPSA) is 92.7 Å². The number of hydrogen-bond acceptors (Lipinski definition) is 5. The van der Waals surface area contributed by atoms with Crippen LogP contribution < -0.4 is 9.25 Å². The summed E-state index contributed by atoms with van der Waals surface area (Å²) in [6.07, 6.45) is -0.835. The third-order valence-corrected chi connectivity index (χ3v) is 9.72. The van der Waals surface area contributed by atoms with E-state index in [-0.39, 0.29) is 15.0 Å². The van der Waals surface area contributed by atoms with Gasteiger partial charge in [0.2, 0.25) is 0 Å². The molecule has 2 N–H and O–H groups in total. The zero-order valence-electron chi connectivity index (χ0n) is 13.5. The number of fused-ring (bicyclic) bond motifs is 1. The summed E-state index contributed by atoms with van der Waals surface area (Å²) in [7, 11) is -8.42. The predicted octanol–water partition coefficient (Wildman–Crippen LogP) is 6.12. The highest BCUT2D eigenvalue weighted by Crippen LogP contribution is 2.43. The van der Waals surface area contributed by atoms with Crippen LogP contribution in [0.25, 0.3) is 10.1 Å². The molecule has 0 saturated heterocycles. The Balaban J connectivity index is 1.78. The Hall–Kier alpha value is -0.350. The standard InChI is InChI=1S/C15H10BrCl3NO5PS2/c16-10-2-1-8(5-13(10)19)25-26(21,22)7-20-28(23,24)14-6-9-11(17)3-4-12(18)15(9)27-14/h1-6,20H,7H2,(H,21,22). The Bertz CT molecular complexity index is 1180. The minimum absolute atomic E-state index is 0.0265. The van der Waals surface area contributed by atoms with E-state index in [4.69, 9.17) is 39.3 Å². The number of hydrogen-bond donors (Lipinski definition) is 2. The fourth-order valence-electron chi connectivity index (χ4n) is 2.14. The summed E-state index contributed by atoms with van der Waals surface area (Å²) in [5.74, 6) is 0.0265. The molecule has 28 heavy (non-hydrogen) atoms. The number of rotatable bonds is 6. The van der Waals surface area contributed by atoms with Gasteiger partial charge in [-0.05, 0) is 46.3 Å². The maximum atomic E-state index is 12.5. The van der Waals surface area contributed by atoms with E-state index in [1.165, 1.54) is 24.3 Å². The molecule has 1 heterocycles. The summed E-state index contributed by atoms with van der Waals surface area (Å²) < 4.78 is 45.4. The summed E-state index contributed by atoms with van der Waals surface area (Å²) in [4.78, 5) is 9.98. The molecule has 1 atom stereocenters. The quantitative estimate of drug-likeness (QED) is 0.351. The highest BCUT2D eigenvalue weighted by Gasteiger charge is 2.27. The van der Waals surface area contributed by atoms with Crippen LogP contribution in [0.4, 0.5) is 0 Å². The van der Waals surface area contributed by atoms with E-state index in [1.54, 1.807) is 12.1 Å². The number of thiophene rings is 1. The number of nitrogens with one attached hydrogen (secondary N) is 1. The van der Waals surface area contributed by atoms with E-state index in [9.17, 15) is 17.9 Å². The van der Waals surface area contributed by atoms with Gasteiger partial charge in [-0.2, -0.15) is 4.72 Å². The van der Waals surface area contributed by atoms with Crippen LogP contribution in [-0.4, -0.2) is 19.6 Å². The van der Waals surface area contributed by atoms with Crippen LogP contribution in [0.5, 0.6) is 5.75 Å². The van der Waals surface area contributed by atoms with Crippen LogP contribution in [0.15, 0.2) is 45.1 Å². The molecule has 1 aromatic heterocycles. The summed E-state index contributed by atoms with van der Waals surface area (Å²) in [6, 6.07) is 8.76. The molecule has 0 fully saturated rings. The molecule has 2 aromatic carbocycles. The minimum atomic E-state index is -4.33. The van der Waals surface area contributed by atoms with Gasteiger partial charge in [0.05, 0.1) is 14.7 Å². The van der Waals surface area contributed by atoms with Crippen molar-refractivity contribution in [1.29, 1.82) is 0 Å². The van der Waals surface area contributed by atoms with Gasteiger partial charge in [-0.25, -0.2) is 13.0 Å². The number of benzene rings is 2. The lowest BCUT2D eigenvalue weighted by atomic mass is 10.3. The van der Waals surface area contributed by atoms with E-state index >= 15 is 0 Å². The Kier molecular flexibility index (Phi) is 6.71. The van der Waals surface area contributed by atoms with Crippen molar-refractivity contribution in [1.82, 2.24) is 4.72 Å². The van der Waals surface area contributed by atoms with Crippen molar-refractivity contribution < 1.29 is 22.4 Å². The average Bonchev–Trinajstić information content (AvgIpc) is 3.07. The van der Waals surface area contributed by atoms with Crippen LogP contribution in [0.2, 0.25) is 15.1 Å². The molecule has 0 bridgehead atoms. The molecule has 150 valence electrons. The van der Waals surface area contributed by atoms with E-state index in [0.717, 1.165) is 11.3 Å². The van der Waals surface area contributed by atoms with Crippen LogP contribution >= 0.6 is 69.7 Å². The second-order valence-electron chi connectivity index (χ2n) is 5.45. The third-order valence-electron chi connectivity index (χ3n) is 3.42. The Morgan fingerprint density at radius 2 is 1.79 bits per heavy atom. The summed E-state index contributed by atoms with van der Waals surface area (Å²) in [5.41, 5.74) is 0. The van der Waals surface area contributed by atoms with Gasteiger partial charge >= 0.3 is 7.60 Å². The molecule has 0 amide bonds. The van der Waals surface area contributed by atoms with Gasteiger partial charge in [-0.3, -0.25) is 0 Å². The zero-order chi connectivity index (χ0) is 20.7. The van der Waals surface area contributed by atoms with Crippen molar-refractivity contribution >= 4 is 89.8 Å². The smallest absolute Gasteiger partial charge is 0.391 e. The summed E-state index contributed by atoms with van der Waals surface area (Å²) in [5, 5.41) is 1.46. The van der Waals surface area contributed by atoms with Crippen molar-refractivity contribution in [3.63, 3.8) is 0 Å². The largest absolute Gasteiger partial charge is 0.424 e. The van der Waals surface area contributed by atoms with E-state index in [2.05, 4.69) is 20.7 Å². The average molecular weight is 566 g/mol. The van der Waals surface area contributed by atoms with Crippen molar-refractivity contribution in [2.24, 2.45) is 0 Å². The maximum Gasteiger partial charge on any atom is 0.391 e. The second kappa shape index (κ2) is 8.41. The van der Waals surface area contributed by atoms with E-state index in [0.29, 0.717) is 24.6 Å². The van der Waals surface area contributed by atoms with E-state index in [1.807, 2.05) is 0 Å². The maximum absolute atomic E-state index is 12.5. The highest BCUT2D eigenvalue weighted by atomic mass is 79.9. The molecule has 0 aliphatic heterocycles. The molecule has 0 spiro atoms. The molecular weight excluding hydrogens is 556 g/mol. The van der Waals surface area contributed by atoms with Gasteiger partial charge in [-0.1, -0.05) is 34.8 Å². The molecule has 13 heteroatoms.